The molecule has 0 unspecified atom stereocenters. The first-order chi connectivity index (χ1) is 11.2. The van der Waals surface area contributed by atoms with Crippen LogP contribution < -0.4 is 0 Å². The Kier molecular flexibility index (Phi) is 3.19. The third-order valence-corrected chi connectivity index (χ3v) is 4.07. The summed E-state index contributed by atoms with van der Waals surface area (Å²) in [5.41, 5.74) is 2.17. The summed E-state index contributed by atoms with van der Waals surface area (Å²) in [5, 5.41) is 9.86. The molecule has 0 saturated heterocycles. The molecule has 2 heterocycles. The lowest BCUT2D eigenvalue weighted by Crippen LogP contribution is -2.38. The zero-order valence-electron chi connectivity index (χ0n) is 12.4. The molecule has 2 aliphatic rings. The number of carbonyl (C=O) groups is 1. The van der Waals surface area contributed by atoms with Gasteiger partial charge in [-0.05, 0) is 24.3 Å². The summed E-state index contributed by atoms with van der Waals surface area (Å²) in [5.74, 6) is 1.43. The molecule has 1 N–H and O–H groups in total. The zero-order chi connectivity index (χ0) is 15.8. The molecule has 4 rings (SSSR count). The highest BCUT2D eigenvalue weighted by atomic mass is 16.3. The lowest BCUT2D eigenvalue weighted by atomic mass is 10.0. The van der Waals surface area contributed by atoms with Crippen LogP contribution in [0.3, 0.4) is 0 Å². The molecule has 0 fully saturated rings. The number of nitrogens with zero attached hydrogens (tertiary/aromatic N) is 3. The highest BCUT2D eigenvalue weighted by Crippen LogP contribution is 2.30. The van der Waals surface area contributed by atoms with Gasteiger partial charge in [0.25, 0.3) is 0 Å². The van der Waals surface area contributed by atoms with Gasteiger partial charge in [-0.25, -0.2) is 4.99 Å². The molecule has 0 atom stereocenters. The van der Waals surface area contributed by atoms with Gasteiger partial charge in [0.15, 0.2) is 5.78 Å². The number of ketones is 1. The van der Waals surface area contributed by atoms with Gasteiger partial charge < -0.3 is 10.0 Å². The smallest absolute Gasteiger partial charge is 0.174 e. The van der Waals surface area contributed by atoms with E-state index in [1.54, 1.807) is 18.2 Å². The van der Waals surface area contributed by atoms with E-state index in [1.165, 1.54) is 6.07 Å². The number of para-hydroxylation sites is 2. The van der Waals surface area contributed by atoms with E-state index < -0.39 is 0 Å². The van der Waals surface area contributed by atoms with Crippen LogP contribution in [0.2, 0.25) is 0 Å². The van der Waals surface area contributed by atoms with Gasteiger partial charge in [0.2, 0.25) is 0 Å². The molecule has 114 valence electrons. The molecule has 2 aromatic carbocycles. The molecule has 0 aromatic heterocycles. The van der Waals surface area contributed by atoms with Gasteiger partial charge in [-0.3, -0.25) is 9.79 Å². The first-order valence-corrected chi connectivity index (χ1v) is 7.54. The summed E-state index contributed by atoms with van der Waals surface area (Å²) in [4.78, 5) is 23.7. The SMILES string of the molecule is O=C(CC1=Nc2ccccc2C2=NCCN12)c1ccccc1O. The minimum atomic E-state index is -0.146. The number of phenolic OH excluding ortho intramolecular Hbond substituents is 1. The normalized spacial score (nSPS) is 15.6. The van der Waals surface area contributed by atoms with Gasteiger partial charge in [0.1, 0.15) is 17.4 Å². The Hall–Kier alpha value is -2.95. The summed E-state index contributed by atoms with van der Waals surface area (Å²) in [6.07, 6.45) is 0.144. The van der Waals surface area contributed by atoms with Gasteiger partial charge in [0, 0.05) is 12.1 Å². The Morgan fingerprint density at radius 2 is 1.91 bits per heavy atom. The van der Waals surface area contributed by atoms with E-state index in [9.17, 15) is 9.90 Å². The predicted molar refractivity (Wildman–Crippen MR) is 88.7 cm³/mol. The van der Waals surface area contributed by atoms with E-state index in [0.29, 0.717) is 17.9 Å². The fourth-order valence-electron chi connectivity index (χ4n) is 2.97. The molecular formula is C18H15N3O2. The van der Waals surface area contributed by atoms with Crippen molar-refractivity contribution in [3.8, 4) is 5.75 Å². The molecule has 0 amide bonds. The fourth-order valence-corrected chi connectivity index (χ4v) is 2.97. The highest BCUT2D eigenvalue weighted by Gasteiger charge is 2.30. The molecule has 0 saturated carbocycles. The van der Waals surface area contributed by atoms with Crippen molar-refractivity contribution in [1.82, 2.24) is 4.90 Å². The number of benzene rings is 2. The average Bonchev–Trinajstić information content (AvgIpc) is 3.05. The summed E-state index contributed by atoms with van der Waals surface area (Å²) in [6, 6.07) is 14.4. The van der Waals surface area contributed by atoms with Crippen molar-refractivity contribution >= 4 is 23.1 Å². The third kappa shape index (κ3) is 2.30. The van der Waals surface area contributed by atoms with E-state index in [1.807, 2.05) is 29.2 Å². The van der Waals surface area contributed by atoms with Crippen molar-refractivity contribution < 1.29 is 9.90 Å². The second-order valence-corrected chi connectivity index (χ2v) is 5.52. The number of Topliss-reactive ketones (excluding diaryl/α,β-unsaturated/α-hetero) is 1. The largest absolute Gasteiger partial charge is 0.507 e. The molecule has 0 bridgehead atoms. The molecule has 2 aliphatic heterocycles. The number of phenols is 1. The molecule has 2 aromatic rings. The maximum atomic E-state index is 12.5. The van der Waals surface area contributed by atoms with Crippen molar-refractivity contribution in [1.29, 1.82) is 0 Å². The Labute approximate surface area is 133 Å². The van der Waals surface area contributed by atoms with E-state index in [-0.39, 0.29) is 18.0 Å². The van der Waals surface area contributed by atoms with E-state index >= 15 is 0 Å². The van der Waals surface area contributed by atoms with Crippen LogP contribution >= 0.6 is 0 Å². The monoisotopic (exact) mass is 305 g/mol. The summed E-state index contributed by atoms with van der Waals surface area (Å²) >= 11 is 0. The van der Waals surface area contributed by atoms with Crippen LogP contribution in [0, 0.1) is 0 Å². The van der Waals surface area contributed by atoms with Crippen molar-refractivity contribution in [3.05, 3.63) is 59.7 Å². The van der Waals surface area contributed by atoms with Crippen molar-refractivity contribution in [2.75, 3.05) is 13.1 Å². The Bertz CT molecular complexity index is 855. The van der Waals surface area contributed by atoms with Gasteiger partial charge in [-0.1, -0.05) is 24.3 Å². The van der Waals surface area contributed by atoms with Crippen LogP contribution in [0.15, 0.2) is 58.5 Å². The number of hydrogen-bond donors (Lipinski definition) is 1. The highest BCUT2D eigenvalue weighted by molar-refractivity contribution is 6.21. The molecule has 0 radical (unpaired) electrons. The number of aromatic hydroxyl groups is 1. The number of aliphatic imine (C=N–C) groups is 2. The maximum Gasteiger partial charge on any atom is 0.174 e. The Balaban J connectivity index is 1.70. The van der Waals surface area contributed by atoms with E-state index in [4.69, 9.17) is 0 Å². The van der Waals surface area contributed by atoms with Crippen LogP contribution in [-0.4, -0.2) is 40.6 Å². The average molecular weight is 305 g/mol. The second-order valence-electron chi connectivity index (χ2n) is 5.52. The quantitative estimate of drug-likeness (QED) is 0.887. The number of amidine groups is 2. The first-order valence-electron chi connectivity index (χ1n) is 7.54. The van der Waals surface area contributed by atoms with Crippen molar-refractivity contribution in [2.45, 2.75) is 6.42 Å². The maximum absolute atomic E-state index is 12.5. The summed E-state index contributed by atoms with van der Waals surface area (Å²) in [6.45, 7) is 1.43. The van der Waals surface area contributed by atoms with Crippen LogP contribution in [0.4, 0.5) is 5.69 Å². The second kappa shape index (κ2) is 5.35. The number of hydrogen-bond acceptors (Lipinski definition) is 5. The Morgan fingerprint density at radius 1 is 1.13 bits per heavy atom. The first kappa shape index (κ1) is 13.7. The minimum Gasteiger partial charge on any atom is -0.507 e. The fraction of sp³-hybridized carbons (Fsp3) is 0.167. The molecule has 23 heavy (non-hydrogen) atoms. The van der Waals surface area contributed by atoms with Crippen molar-refractivity contribution in [2.24, 2.45) is 9.98 Å². The lowest BCUT2D eigenvalue weighted by molar-refractivity contribution is 0.0996. The lowest BCUT2D eigenvalue weighted by Gasteiger charge is -2.27. The molecular weight excluding hydrogens is 290 g/mol. The Morgan fingerprint density at radius 3 is 2.78 bits per heavy atom. The predicted octanol–water partition coefficient (Wildman–Crippen LogP) is 2.77. The number of rotatable bonds is 3. The van der Waals surface area contributed by atoms with Gasteiger partial charge >= 0.3 is 0 Å². The summed E-state index contributed by atoms with van der Waals surface area (Å²) in [7, 11) is 0. The van der Waals surface area contributed by atoms with Crippen LogP contribution in [0.1, 0.15) is 22.3 Å². The van der Waals surface area contributed by atoms with Crippen LogP contribution in [0.5, 0.6) is 5.75 Å². The van der Waals surface area contributed by atoms with Crippen molar-refractivity contribution in [3.63, 3.8) is 0 Å². The summed E-state index contributed by atoms with van der Waals surface area (Å²) < 4.78 is 0. The topological polar surface area (TPSA) is 65.3 Å². The van der Waals surface area contributed by atoms with E-state index in [2.05, 4.69) is 9.98 Å². The third-order valence-electron chi connectivity index (χ3n) is 4.07. The van der Waals surface area contributed by atoms with Gasteiger partial charge in [-0.15, -0.1) is 0 Å². The molecule has 0 aliphatic carbocycles. The van der Waals surface area contributed by atoms with Gasteiger partial charge in [-0.2, -0.15) is 0 Å². The standard InChI is InChI=1S/C18H15N3O2/c22-15-8-4-2-6-13(15)16(23)11-17-20-14-7-3-1-5-12(14)18-19-9-10-21(17)18/h1-8,22H,9-11H2. The zero-order valence-corrected chi connectivity index (χ0v) is 12.4. The number of fused-ring (bicyclic) bond motifs is 3. The molecule has 5 nitrogen and oxygen atoms in total. The minimum absolute atomic E-state index is 0.00428. The van der Waals surface area contributed by atoms with Crippen LogP contribution in [0.25, 0.3) is 0 Å². The molecule has 0 spiro atoms. The number of carbonyl (C=O) groups excluding carboxylic acids is 1. The molecule has 5 heteroatoms. The van der Waals surface area contributed by atoms with Gasteiger partial charge in [0.05, 0.1) is 24.2 Å². The van der Waals surface area contributed by atoms with E-state index in [0.717, 1.165) is 23.6 Å². The van der Waals surface area contributed by atoms with Crippen LogP contribution in [-0.2, 0) is 0 Å².